The molecule has 0 saturated heterocycles. The molecule has 0 amide bonds. The average molecular weight is 347 g/mol. The summed E-state index contributed by atoms with van der Waals surface area (Å²) in [6, 6.07) is 10.1. The molecule has 130 valence electrons. The first-order chi connectivity index (χ1) is 11.3. The Kier molecular flexibility index (Phi) is 4.59. The number of hydrogen-bond donors (Lipinski definition) is 0. The van der Waals surface area contributed by atoms with Crippen LogP contribution in [-0.4, -0.2) is 41.2 Å². The van der Waals surface area contributed by atoms with Gasteiger partial charge in [0.05, 0.1) is 13.2 Å². The second kappa shape index (κ2) is 6.38. The first-order valence-corrected chi connectivity index (χ1v) is 11.3. The Bertz CT molecular complexity index is 681. The van der Waals surface area contributed by atoms with Gasteiger partial charge in [0.1, 0.15) is 12.2 Å². The van der Waals surface area contributed by atoms with Gasteiger partial charge in [-0.05, 0) is 34.1 Å². The van der Waals surface area contributed by atoms with E-state index in [1.807, 2.05) is 35.0 Å². The monoisotopic (exact) mass is 346 g/mol. The number of benzene rings is 1. The molecule has 1 aliphatic rings. The molecule has 2 heterocycles. The molecule has 0 saturated carbocycles. The Hall–Kier alpha value is -1.57. The van der Waals surface area contributed by atoms with Gasteiger partial charge in [0.25, 0.3) is 0 Å². The first kappa shape index (κ1) is 17.3. The molecule has 0 N–H and O–H groups in total. The van der Waals surface area contributed by atoms with E-state index in [0.29, 0.717) is 13.2 Å². The van der Waals surface area contributed by atoms with E-state index in [1.54, 1.807) is 0 Å². The minimum atomic E-state index is -1.81. The summed E-state index contributed by atoms with van der Waals surface area (Å²) >= 11 is 0. The normalized spacial score (nSPS) is 21.5. The van der Waals surface area contributed by atoms with Crippen LogP contribution in [0.5, 0.6) is 0 Å². The lowest BCUT2D eigenvalue weighted by atomic mass is 10.1. The lowest BCUT2D eigenvalue weighted by Gasteiger charge is -2.38. The zero-order chi connectivity index (χ0) is 17.4. The van der Waals surface area contributed by atoms with Gasteiger partial charge in [-0.2, -0.15) is 0 Å². The second-order valence-corrected chi connectivity index (χ2v) is 12.6. The van der Waals surface area contributed by atoms with Crippen LogP contribution >= 0.6 is 0 Å². The van der Waals surface area contributed by atoms with Gasteiger partial charge in [-0.25, -0.2) is 4.68 Å². The molecule has 2 atom stereocenters. The highest BCUT2D eigenvalue weighted by Gasteiger charge is 2.39. The predicted molar refractivity (Wildman–Crippen MR) is 94.1 cm³/mol. The molecule has 0 spiro atoms. The maximum Gasteiger partial charge on any atom is 0.192 e. The Balaban J connectivity index is 1.76. The van der Waals surface area contributed by atoms with E-state index in [4.69, 9.17) is 9.16 Å². The molecule has 3 rings (SSSR count). The van der Waals surface area contributed by atoms with Crippen LogP contribution in [0.1, 0.15) is 38.3 Å². The highest BCUT2D eigenvalue weighted by Crippen LogP contribution is 2.37. The third-order valence-electron chi connectivity index (χ3n) is 5.04. The fourth-order valence-corrected chi connectivity index (χ4v) is 3.52. The van der Waals surface area contributed by atoms with Gasteiger partial charge in [-0.15, -0.1) is 5.10 Å². The van der Waals surface area contributed by atoms with Gasteiger partial charge in [0, 0.05) is 0 Å². The molecule has 0 bridgehead atoms. The van der Waals surface area contributed by atoms with E-state index in [9.17, 15) is 0 Å². The number of hydrogen-bond acceptors (Lipinski definition) is 5. The molecule has 0 fully saturated rings. The van der Waals surface area contributed by atoms with Gasteiger partial charge in [-0.1, -0.05) is 51.1 Å². The van der Waals surface area contributed by atoms with Gasteiger partial charge < -0.3 is 9.16 Å². The first-order valence-electron chi connectivity index (χ1n) is 8.38. The van der Waals surface area contributed by atoms with E-state index in [0.717, 1.165) is 11.4 Å². The summed E-state index contributed by atoms with van der Waals surface area (Å²) in [6.45, 7) is 12.4. The van der Waals surface area contributed by atoms with E-state index in [2.05, 4.69) is 49.4 Å². The highest BCUT2D eigenvalue weighted by atomic mass is 28.4. The zero-order valence-corrected chi connectivity index (χ0v) is 16.1. The molecular weight excluding hydrogens is 320 g/mol. The molecular formula is C17H26N4O2Si. The molecule has 0 radical (unpaired) electrons. The van der Waals surface area contributed by atoms with Crippen LogP contribution in [0, 0.1) is 0 Å². The summed E-state index contributed by atoms with van der Waals surface area (Å²) in [6.07, 6.45) is -0.303. The molecule has 24 heavy (non-hydrogen) atoms. The Labute approximate surface area is 144 Å². The second-order valence-electron chi connectivity index (χ2n) is 7.84. The number of aromatic nitrogens is 4. The Morgan fingerprint density at radius 2 is 1.96 bits per heavy atom. The summed E-state index contributed by atoms with van der Waals surface area (Å²) in [5.74, 6) is 0.754. The van der Waals surface area contributed by atoms with Crippen LogP contribution in [0.2, 0.25) is 18.1 Å². The van der Waals surface area contributed by atoms with Crippen LogP contribution in [0.15, 0.2) is 30.3 Å². The van der Waals surface area contributed by atoms with Crippen molar-refractivity contribution in [2.75, 3.05) is 6.61 Å². The Morgan fingerprint density at radius 1 is 1.25 bits per heavy atom. The smallest absolute Gasteiger partial charge is 0.192 e. The fraction of sp³-hybridized carbons (Fsp3) is 0.588. The van der Waals surface area contributed by atoms with E-state index < -0.39 is 8.32 Å². The lowest BCUT2D eigenvalue weighted by molar-refractivity contribution is -0.0553. The summed E-state index contributed by atoms with van der Waals surface area (Å²) < 4.78 is 14.5. The largest absolute Gasteiger partial charge is 0.414 e. The number of tetrazole rings is 1. The fourth-order valence-electron chi connectivity index (χ4n) is 2.48. The van der Waals surface area contributed by atoms with Gasteiger partial charge in [0.15, 0.2) is 14.1 Å². The molecule has 1 aliphatic heterocycles. The minimum Gasteiger partial charge on any atom is -0.414 e. The van der Waals surface area contributed by atoms with Crippen molar-refractivity contribution < 1.29 is 9.16 Å². The maximum atomic E-state index is 6.34. The number of nitrogens with zero attached hydrogens (tertiary/aromatic N) is 4. The lowest BCUT2D eigenvalue weighted by Crippen LogP contribution is -2.44. The van der Waals surface area contributed by atoms with Crippen molar-refractivity contribution in [2.45, 2.75) is 57.7 Å². The number of ether oxygens (including phenoxy) is 1. The van der Waals surface area contributed by atoms with E-state index in [1.165, 1.54) is 0 Å². The van der Waals surface area contributed by atoms with Crippen LogP contribution < -0.4 is 0 Å². The molecule has 0 aliphatic carbocycles. The maximum absolute atomic E-state index is 6.34. The van der Waals surface area contributed by atoms with Gasteiger partial charge in [-0.3, -0.25) is 0 Å². The summed E-state index contributed by atoms with van der Waals surface area (Å²) in [5, 5.41) is 12.2. The average Bonchev–Trinajstić information content (AvgIpc) is 3.00. The van der Waals surface area contributed by atoms with Crippen molar-refractivity contribution >= 4 is 8.32 Å². The van der Waals surface area contributed by atoms with Crippen LogP contribution in [-0.2, 0) is 15.7 Å². The molecule has 7 heteroatoms. The van der Waals surface area contributed by atoms with Crippen molar-refractivity contribution in [1.29, 1.82) is 0 Å². The zero-order valence-electron chi connectivity index (χ0n) is 15.1. The molecule has 1 aromatic heterocycles. The molecule has 2 aromatic rings. The van der Waals surface area contributed by atoms with Crippen LogP contribution in [0.4, 0.5) is 0 Å². The van der Waals surface area contributed by atoms with Crippen molar-refractivity contribution in [1.82, 2.24) is 20.2 Å². The number of rotatable bonds is 4. The Morgan fingerprint density at radius 3 is 2.62 bits per heavy atom. The van der Waals surface area contributed by atoms with Gasteiger partial charge in [0.2, 0.25) is 0 Å². The van der Waals surface area contributed by atoms with Crippen LogP contribution in [0.3, 0.4) is 0 Å². The summed E-state index contributed by atoms with van der Waals surface area (Å²) in [5.41, 5.74) is 1.06. The third kappa shape index (κ3) is 3.43. The van der Waals surface area contributed by atoms with Crippen molar-refractivity contribution in [3.63, 3.8) is 0 Å². The number of fused-ring (bicyclic) bond motifs is 1. The quantitative estimate of drug-likeness (QED) is 0.796. The SMILES string of the molecule is CC(C)(C)[Si](C)(C)OC[C@@H]1Cn2nnnc2[C@H](c2ccccc2)O1. The topological polar surface area (TPSA) is 62.1 Å². The summed E-state index contributed by atoms with van der Waals surface area (Å²) in [7, 11) is -1.81. The predicted octanol–water partition coefficient (Wildman–Crippen LogP) is 3.18. The molecule has 1 aromatic carbocycles. The third-order valence-corrected chi connectivity index (χ3v) is 9.54. The minimum absolute atomic E-state index is 0.0552. The standard InChI is InChI=1S/C17H26N4O2Si/c1-17(2,3)24(4,5)22-12-14-11-21-16(18-19-20-21)15(23-14)13-9-7-6-8-10-13/h6-10,14-15H,11-12H2,1-5H3/t14-,15-/m0/s1. The summed E-state index contributed by atoms with van der Waals surface area (Å²) in [4.78, 5) is 0. The molecule has 0 unspecified atom stereocenters. The van der Waals surface area contributed by atoms with Gasteiger partial charge >= 0.3 is 0 Å². The molecule has 6 nitrogen and oxygen atoms in total. The van der Waals surface area contributed by atoms with Crippen molar-refractivity contribution in [2.24, 2.45) is 0 Å². The van der Waals surface area contributed by atoms with Crippen molar-refractivity contribution in [3.8, 4) is 0 Å². The van der Waals surface area contributed by atoms with Crippen LogP contribution in [0.25, 0.3) is 0 Å². The van der Waals surface area contributed by atoms with E-state index >= 15 is 0 Å². The van der Waals surface area contributed by atoms with Crippen molar-refractivity contribution in [3.05, 3.63) is 41.7 Å². The van der Waals surface area contributed by atoms with E-state index in [-0.39, 0.29) is 17.2 Å². The highest BCUT2D eigenvalue weighted by molar-refractivity contribution is 6.74.